The van der Waals surface area contributed by atoms with Gasteiger partial charge in [0.05, 0.1) is 6.61 Å². The molecular weight excluding hydrogens is 236 g/mol. The molecule has 0 fully saturated rings. The maximum Gasteiger partial charge on any atom is 0.0581 e. The van der Waals surface area contributed by atoms with Crippen LogP contribution in [0.5, 0.6) is 0 Å². The minimum absolute atomic E-state index is 0.162. The fourth-order valence-corrected chi connectivity index (χ4v) is 2.52. The Labute approximate surface area is 115 Å². The smallest absolute Gasteiger partial charge is 0.0581 e. The first kappa shape index (κ1) is 14.1. The number of aliphatic hydroxyl groups is 1. The molecule has 1 aromatic heterocycles. The molecule has 3 N–H and O–H groups in total. The summed E-state index contributed by atoms with van der Waals surface area (Å²) in [5.41, 5.74) is 6.57. The highest BCUT2D eigenvalue weighted by atomic mass is 16.3. The number of benzene rings is 1. The van der Waals surface area contributed by atoms with Crippen LogP contribution in [0.2, 0.25) is 0 Å². The van der Waals surface area contributed by atoms with Crippen molar-refractivity contribution in [3.63, 3.8) is 0 Å². The number of aryl methyl sites for hydroxylation is 3. The van der Waals surface area contributed by atoms with Crippen LogP contribution in [0.15, 0.2) is 12.1 Å². The van der Waals surface area contributed by atoms with Gasteiger partial charge in [-0.25, -0.2) is 0 Å². The Balaban J connectivity index is 2.24. The summed E-state index contributed by atoms with van der Waals surface area (Å²) >= 11 is 0. The van der Waals surface area contributed by atoms with Crippen LogP contribution in [0.25, 0.3) is 10.9 Å². The van der Waals surface area contributed by atoms with E-state index in [1.807, 2.05) is 6.92 Å². The van der Waals surface area contributed by atoms with Crippen molar-refractivity contribution in [3.8, 4) is 0 Å². The zero-order valence-electron chi connectivity index (χ0n) is 12.3. The third-order valence-electron chi connectivity index (χ3n) is 3.97. The summed E-state index contributed by atoms with van der Waals surface area (Å²) in [6.45, 7) is 9.53. The van der Waals surface area contributed by atoms with Gasteiger partial charge in [-0.15, -0.1) is 0 Å². The van der Waals surface area contributed by atoms with Gasteiger partial charge in [0.2, 0.25) is 0 Å². The Bertz CT molecular complexity index is 572. The fraction of sp³-hybridized carbons (Fsp3) is 0.500. The van der Waals surface area contributed by atoms with E-state index in [2.05, 4.69) is 43.2 Å². The predicted molar refractivity (Wildman–Crippen MR) is 80.8 cm³/mol. The minimum Gasteiger partial charge on any atom is -0.395 e. The molecule has 2 rings (SSSR count). The van der Waals surface area contributed by atoms with Crippen LogP contribution in [0, 0.1) is 20.8 Å². The van der Waals surface area contributed by atoms with Gasteiger partial charge in [0.15, 0.2) is 0 Å². The topological polar surface area (TPSA) is 48.0 Å². The molecule has 0 saturated carbocycles. The maximum atomic E-state index is 9.02. The van der Waals surface area contributed by atoms with Gasteiger partial charge in [-0.2, -0.15) is 0 Å². The summed E-state index contributed by atoms with van der Waals surface area (Å²) < 4.78 is 0. The molecule has 1 aromatic carbocycles. The number of fused-ring (bicyclic) bond motifs is 1. The van der Waals surface area contributed by atoms with E-state index in [-0.39, 0.29) is 12.6 Å². The van der Waals surface area contributed by atoms with Crippen molar-refractivity contribution in [2.75, 3.05) is 13.2 Å². The molecule has 0 amide bonds. The quantitative estimate of drug-likeness (QED) is 0.774. The first-order valence-corrected chi connectivity index (χ1v) is 6.96. The Hall–Kier alpha value is -1.32. The number of rotatable bonds is 5. The third kappa shape index (κ3) is 2.82. The summed E-state index contributed by atoms with van der Waals surface area (Å²) in [5, 5.41) is 13.7. The van der Waals surface area contributed by atoms with Gasteiger partial charge >= 0.3 is 0 Å². The number of aromatic nitrogens is 1. The Morgan fingerprint density at radius 3 is 2.68 bits per heavy atom. The van der Waals surface area contributed by atoms with Crippen molar-refractivity contribution in [2.24, 2.45) is 0 Å². The second kappa shape index (κ2) is 5.76. The molecule has 0 aliphatic carbocycles. The van der Waals surface area contributed by atoms with Crippen LogP contribution in [0.4, 0.5) is 0 Å². The summed E-state index contributed by atoms with van der Waals surface area (Å²) in [6, 6.07) is 4.57. The van der Waals surface area contributed by atoms with Crippen molar-refractivity contribution in [2.45, 2.75) is 40.2 Å². The standard InChI is InChI=1S/C16H24N2O/c1-10-5-6-15-14(7-8-17-11(2)9-19)13(4)18-16(15)12(10)3/h5-6,11,17-19H,7-9H2,1-4H3/t11-/m1/s1. The monoisotopic (exact) mass is 260 g/mol. The number of aromatic amines is 1. The average Bonchev–Trinajstić information content (AvgIpc) is 2.71. The van der Waals surface area contributed by atoms with Crippen molar-refractivity contribution in [3.05, 3.63) is 34.5 Å². The molecule has 0 unspecified atom stereocenters. The lowest BCUT2D eigenvalue weighted by atomic mass is 10.0. The van der Waals surface area contributed by atoms with E-state index in [9.17, 15) is 0 Å². The lowest BCUT2D eigenvalue weighted by molar-refractivity contribution is 0.252. The lowest BCUT2D eigenvalue weighted by Crippen LogP contribution is -2.31. The van der Waals surface area contributed by atoms with Crippen molar-refractivity contribution in [1.82, 2.24) is 10.3 Å². The summed E-state index contributed by atoms with van der Waals surface area (Å²) in [4.78, 5) is 3.51. The molecule has 0 bridgehead atoms. The van der Waals surface area contributed by atoms with Crippen molar-refractivity contribution >= 4 is 10.9 Å². The summed E-state index contributed by atoms with van der Waals surface area (Å²) in [7, 11) is 0. The van der Waals surface area contributed by atoms with Gasteiger partial charge in [0, 0.05) is 22.6 Å². The number of H-pyrrole nitrogens is 1. The number of hydrogen-bond donors (Lipinski definition) is 3. The van der Waals surface area contributed by atoms with Gasteiger partial charge in [0.1, 0.15) is 0 Å². The van der Waals surface area contributed by atoms with Gasteiger partial charge in [-0.05, 0) is 57.4 Å². The van der Waals surface area contributed by atoms with Crippen molar-refractivity contribution in [1.29, 1.82) is 0 Å². The number of nitrogens with one attached hydrogen (secondary N) is 2. The van der Waals surface area contributed by atoms with E-state index in [1.165, 1.54) is 33.3 Å². The van der Waals surface area contributed by atoms with E-state index in [0.717, 1.165) is 13.0 Å². The van der Waals surface area contributed by atoms with Gasteiger partial charge in [0.25, 0.3) is 0 Å². The molecule has 3 nitrogen and oxygen atoms in total. The molecule has 0 aliphatic rings. The normalized spacial score (nSPS) is 13.1. The molecule has 1 heterocycles. The number of aliphatic hydroxyl groups excluding tert-OH is 1. The Morgan fingerprint density at radius 2 is 2.00 bits per heavy atom. The highest BCUT2D eigenvalue weighted by Gasteiger charge is 2.11. The van der Waals surface area contributed by atoms with Gasteiger partial charge in [-0.3, -0.25) is 0 Å². The van der Waals surface area contributed by atoms with Crippen LogP contribution in [-0.4, -0.2) is 29.3 Å². The molecule has 0 radical (unpaired) electrons. The van der Waals surface area contributed by atoms with Gasteiger partial charge < -0.3 is 15.4 Å². The molecule has 0 aliphatic heterocycles. The fourth-order valence-electron chi connectivity index (χ4n) is 2.52. The molecule has 104 valence electrons. The molecule has 0 spiro atoms. The van der Waals surface area contributed by atoms with Crippen LogP contribution in [0.1, 0.15) is 29.3 Å². The second-order valence-electron chi connectivity index (χ2n) is 5.45. The van der Waals surface area contributed by atoms with E-state index >= 15 is 0 Å². The van der Waals surface area contributed by atoms with E-state index in [4.69, 9.17) is 5.11 Å². The molecule has 19 heavy (non-hydrogen) atoms. The van der Waals surface area contributed by atoms with Crippen molar-refractivity contribution < 1.29 is 5.11 Å². The van der Waals surface area contributed by atoms with Crippen LogP contribution in [-0.2, 0) is 6.42 Å². The average molecular weight is 260 g/mol. The number of hydrogen-bond acceptors (Lipinski definition) is 2. The lowest BCUT2D eigenvalue weighted by Gasteiger charge is -2.10. The minimum atomic E-state index is 0.162. The molecule has 2 aromatic rings. The second-order valence-corrected chi connectivity index (χ2v) is 5.45. The van der Waals surface area contributed by atoms with E-state index in [1.54, 1.807) is 0 Å². The molecule has 1 atom stereocenters. The van der Waals surface area contributed by atoms with E-state index < -0.39 is 0 Å². The largest absolute Gasteiger partial charge is 0.395 e. The van der Waals surface area contributed by atoms with Crippen LogP contribution >= 0.6 is 0 Å². The Kier molecular flexibility index (Phi) is 4.27. The predicted octanol–water partition coefficient (Wildman–Crippen LogP) is 2.61. The highest BCUT2D eigenvalue weighted by Crippen LogP contribution is 2.26. The zero-order valence-corrected chi connectivity index (χ0v) is 12.3. The molecular formula is C16H24N2O. The highest BCUT2D eigenvalue weighted by molar-refractivity contribution is 5.88. The van der Waals surface area contributed by atoms with Crippen LogP contribution in [0.3, 0.4) is 0 Å². The van der Waals surface area contributed by atoms with Crippen LogP contribution < -0.4 is 5.32 Å². The van der Waals surface area contributed by atoms with Gasteiger partial charge in [-0.1, -0.05) is 12.1 Å². The van der Waals surface area contributed by atoms with E-state index in [0.29, 0.717) is 0 Å². The summed E-state index contributed by atoms with van der Waals surface area (Å²) in [6.07, 6.45) is 0.985. The SMILES string of the molecule is Cc1ccc2c(CCN[C@H](C)CO)c(C)[nH]c2c1C. The molecule has 3 heteroatoms. The first-order chi connectivity index (χ1) is 9.04. The molecule has 0 saturated heterocycles. The zero-order chi connectivity index (χ0) is 14.0. The Morgan fingerprint density at radius 1 is 1.26 bits per heavy atom. The first-order valence-electron chi connectivity index (χ1n) is 6.96. The third-order valence-corrected chi connectivity index (χ3v) is 3.97. The summed E-state index contributed by atoms with van der Waals surface area (Å²) in [5.74, 6) is 0. The maximum absolute atomic E-state index is 9.02.